The first-order chi connectivity index (χ1) is 13.2. The summed E-state index contributed by atoms with van der Waals surface area (Å²) in [6.45, 7) is 7.35. The lowest BCUT2D eigenvalue weighted by molar-refractivity contribution is -0.176. The van der Waals surface area contributed by atoms with Gasteiger partial charge < -0.3 is 18.8 Å². The van der Waals surface area contributed by atoms with Gasteiger partial charge in [0.25, 0.3) is 0 Å². The fourth-order valence-electron chi connectivity index (χ4n) is 3.39. The van der Waals surface area contributed by atoms with Crippen LogP contribution in [0.4, 0.5) is 0 Å². The van der Waals surface area contributed by atoms with Crippen LogP contribution < -0.4 is 4.72 Å². The van der Waals surface area contributed by atoms with E-state index in [1.807, 2.05) is 39.0 Å². The van der Waals surface area contributed by atoms with Crippen molar-refractivity contribution in [3.05, 3.63) is 34.9 Å². The smallest absolute Gasteiger partial charge is 0.195 e. The van der Waals surface area contributed by atoms with Crippen LogP contribution in [0.1, 0.15) is 39.2 Å². The standard InChI is InChI=1S/C20H27ClN2O4S/c1-18(2,3)28(24)23-17(19(12-22)13-25-14-19)7-8-20(26-9-10-27-20)15-5-4-6-16(21)11-15/h4-6,11,17,23H,7-10,13-14H2,1-3H3/t17?,28-/m0/s1. The lowest BCUT2D eigenvalue weighted by Crippen LogP contribution is -2.59. The first kappa shape index (κ1) is 21.8. The molecule has 28 heavy (non-hydrogen) atoms. The maximum atomic E-state index is 12.7. The fraction of sp³-hybridized carbons (Fsp3) is 0.650. The molecular weight excluding hydrogens is 400 g/mol. The average molecular weight is 427 g/mol. The molecule has 0 aliphatic carbocycles. The van der Waals surface area contributed by atoms with Gasteiger partial charge in [-0.15, -0.1) is 4.72 Å². The Labute approximate surface area is 174 Å². The summed E-state index contributed by atoms with van der Waals surface area (Å²) in [5, 5.41) is 10.4. The van der Waals surface area contributed by atoms with Crippen LogP contribution in [-0.4, -0.2) is 41.8 Å². The molecule has 2 aliphatic heterocycles. The van der Waals surface area contributed by atoms with Crippen LogP contribution in [0.3, 0.4) is 0 Å². The Morgan fingerprint density at radius 2 is 2.00 bits per heavy atom. The van der Waals surface area contributed by atoms with Crippen molar-refractivity contribution in [2.75, 3.05) is 26.4 Å². The third-order valence-electron chi connectivity index (χ3n) is 5.19. The summed E-state index contributed by atoms with van der Waals surface area (Å²) in [6.07, 6.45) is 1.06. The zero-order valence-electron chi connectivity index (χ0n) is 16.5. The van der Waals surface area contributed by atoms with E-state index < -0.39 is 27.3 Å². The Bertz CT molecular complexity index is 724. The van der Waals surface area contributed by atoms with Crippen LogP contribution in [0.15, 0.2) is 24.3 Å². The van der Waals surface area contributed by atoms with Gasteiger partial charge in [-0.05, 0) is 39.3 Å². The number of halogens is 1. The monoisotopic (exact) mass is 426 g/mol. The first-order valence-electron chi connectivity index (χ1n) is 9.42. The quantitative estimate of drug-likeness (QED) is 0.673. The molecular formula is C20H27ClN2O4S. The molecule has 1 aromatic rings. The van der Waals surface area contributed by atoms with Gasteiger partial charge >= 0.3 is 0 Å². The molecule has 2 saturated heterocycles. The van der Waals surface area contributed by atoms with Gasteiger partial charge in [-0.1, -0.05) is 23.7 Å². The second-order valence-corrected chi connectivity index (χ2v) is 10.7. The van der Waals surface area contributed by atoms with E-state index in [0.29, 0.717) is 44.3 Å². The zero-order valence-corrected chi connectivity index (χ0v) is 18.1. The van der Waals surface area contributed by atoms with Crippen LogP contribution >= 0.6 is 11.6 Å². The molecule has 0 bridgehead atoms. The van der Waals surface area contributed by atoms with Gasteiger partial charge in [0, 0.05) is 28.4 Å². The normalized spacial score (nSPS) is 22.9. The highest BCUT2D eigenvalue weighted by Gasteiger charge is 2.51. The van der Waals surface area contributed by atoms with Crippen molar-refractivity contribution in [1.29, 1.82) is 5.26 Å². The summed E-state index contributed by atoms with van der Waals surface area (Å²) >= 11 is 4.86. The third kappa shape index (κ3) is 4.49. The summed E-state index contributed by atoms with van der Waals surface area (Å²) in [5.41, 5.74) is 0.152. The van der Waals surface area contributed by atoms with Crippen molar-refractivity contribution in [2.24, 2.45) is 5.41 Å². The minimum absolute atomic E-state index is 0.310. The zero-order chi connectivity index (χ0) is 20.4. The summed E-state index contributed by atoms with van der Waals surface area (Å²) in [6, 6.07) is 9.52. The minimum Gasteiger partial charge on any atom is -0.598 e. The molecule has 0 spiro atoms. The summed E-state index contributed by atoms with van der Waals surface area (Å²) in [7, 11) is 0. The second-order valence-electron chi connectivity index (χ2n) is 8.31. The van der Waals surface area contributed by atoms with E-state index >= 15 is 0 Å². The van der Waals surface area contributed by atoms with E-state index in [0.717, 1.165) is 5.56 Å². The molecule has 0 saturated carbocycles. The van der Waals surface area contributed by atoms with Crippen molar-refractivity contribution >= 4 is 23.0 Å². The molecule has 1 aromatic carbocycles. The lowest BCUT2D eigenvalue weighted by Gasteiger charge is -2.43. The maximum absolute atomic E-state index is 12.7. The Hall–Kier alpha value is -0.850. The molecule has 6 nitrogen and oxygen atoms in total. The Morgan fingerprint density at radius 1 is 1.32 bits per heavy atom. The molecule has 0 amide bonds. The van der Waals surface area contributed by atoms with E-state index in [-0.39, 0.29) is 6.04 Å². The van der Waals surface area contributed by atoms with Crippen LogP contribution in [0.25, 0.3) is 0 Å². The van der Waals surface area contributed by atoms with Gasteiger partial charge in [0.1, 0.15) is 10.2 Å². The predicted octanol–water partition coefficient (Wildman–Crippen LogP) is 3.28. The summed E-state index contributed by atoms with van der Waals surface area (Å²) in [5.74, 6) is -0.907. The van der Waals surface area contributed by atoms with Gasteiger partial charge in [0.15, 0.2) is 5.79 Å². The van der Waals surface area contributed by atoms with Gasteiger partial charge in [0.05, 0.1) is 38.5 Å². The third-order valence-corrected chi connectivity index (χ3v) is 7.04. The highest BCUT2D eigenvalue weighted by Crippen LogP contribution is 2.41. The topological polar surface area (TPSA) is 86.6 Å². The molecule has 2 aliphatic rings. The van der Waals surface area contributed by atoms with Crippen molar-refractivity contribution < 1.29 is 18.8 Å². The first-order valence-corrected chi connectivity index (χ1v) is 10.9. The molecule has 1 unspecified atom stereocenters. The van der Waals surface area contributed by atoms with Gasteiger partial charge in [0.2, 0.25) is 0 Å². The van der Waals surface area contributed by atoms with E-state index in [1.54, 1.807) is 6.07 Å². The molecule has 2 atom stereocenters. The maximum Gasteiger partial charge on any atom is 0.195 e. The molecule has 2 heterocycles. The van der Waals surface area contributed by atoms with Crippen LogP contribution in [0, 0.1) is 16.7 Å². The highest BCUT2D eigenvalue weighted by molar-refractivity contribution is 7.90. The number of hydrogen-bond donors (Lipinski definition) is 1. The number of benzene rings is 1. The Balaban J connectivity index is 1.81. The number of nitriles is 1. The van der Waals surface area contributed by atoms with E-state index in [9.17, 15) is 9.81 Å². The molecule has 3 rings (SSSR count). The molecule has 1 N–H and O–H groups in total. The van der Waals surface area contributed by atoms with Crippen LogP contribution in [0.5, 0.6) is 0 Å². The van der Waals surface area contributed by atoms with Crippen molar-refractivity contribution in [2.45, 2.75) is 50.2 Å². The van der Waals surface area contributed by atoms with Crippen molar-refractivity contribution in [3.8, 4) is 6.07 Å². The summed E-state index contributed by atoms with van der Waals surface area (Å²) in [4.78, 5) is 0. The fourth-order valence-corrected chi connectivity index (χ4v) is 4.54. The molecule has 154 valence electrons. The Morgan fingerprint density at radius 3 is 2.50 bits per heavy atom. The van der Waals surface area contributed by atoms with E-state index in [2.05, 4.69) is 10.8 Å². The van der Waals surface area contributed by atoms with E-state index in [1.165, 1.54) is 0 Å². The minimum atomic E-state index is -1.31. The number of rotatable bonds is 7. The number of hydrogen-bond acceptors (Lipinski definition) is 6. The number of ether oxygens (including phenoxy) is 3. The number of nitrogens with one attached hydrogen (secondary N) is 1. The van der Waals surface area contributed by atoms with Crippen molar-refractivity contribution in [1.82, 2.24) is 4.72 Å². The van der Waals surface area contributed by atoms with Crippen LogP contribution in [-0.2, 0) is 31.4 Å². The molecule has 8 heteroatoms. The molecule has 0 radical (unpaired) electrons. The largest absolute Gasteiger partial charge is 0.598 e. The predicted molar refractivity (Wildman–Crippen MR) is 108 cm³/mol. The van der Waals surface area contributed by atoms with Gasteiger partial charge in [-0.3, -0.25) is 0 Å². The average Bonchev–Trinajstić information content (AvgIpc) is 3.08. The van der Waals surface area contributed by atoms with Gasteiger partial charge in [-0.2, -0.15) is 5.26 Å². The van der Waals surface area contributed by atoms with Crippen LogP contribution in [0.2, 0.25) is 5.02 Å². The highest BCUT2D eigenvalue weighted by atomic mass is 35.5. The van der Waals surface area contributed by atoms with E-state index in [4.69, 9.17) is 25.8 Å². The SMILES string of the molecule is CC(C)(C)[S@+]([O-])NC(CCC1(c2cccc(Cl)c2)OCCO1)C1(C#N)COC1. The Kier molecular flexibility index (Phi) is 6.62. The van der Waals surface area contributed by atoms with Gasteiger partial charge in [-0.25, -0.2) is 0 Å². The number of nitrogens with zero attached hydrogens (tertiary/aromatic N) is 1. The second kappa shape index (κ2) is 8.49. The summed E-state index contributed by atoms with van der Waals surface area (Å²) < 4.78 is 32.8. The molecule has 0 aromatic heterocycles. The lowest BCUT2D eigenvalue weighted by atomic mass is 9.77. The molecule has 2 fully saturated rings. The van der Waals surface area contributed by atoms with Crippen molar-refractivity contribution in [3.63, 3.8) is 0 Å².